The van der Waals surface area contributed by atoms with Gasteiger partial charge in [0.2, 0.25) is 5.91 Å². The Balaban J connectivity index is 1.76. The minimum atomic E-state index is -0.832. The maximum Gasteiger partial charge on any atom is 0.272 e. The SMILES string of the molecule is CC(C)C[C@H](CC(=O)[C@H](Cc1ccccc1)NC(=O)c1cnccn1)C(=O)N(C)N(C)C(=S)Cc1ccccc1. The number of carbonyl (C=O) groups excluding carboxylic acids is 3. The molecule has 0 fully saturated rings. The van der Waals surface area contributed by atoms with Gasteiger partial charge in [0, 0.05) is 45.2 Å². The first kappa shape index (κ1) is 30.6. The summed E-state index contributed by atoms with van der Waals surface area (Å²) in [6, 6.07) is 18.5. The first-order valence-electron chi connectivity index (χ1n) is 13.4. The molecule has 1 aromatic heterocycles. The molecule has 210 valence electrons. The summed E-state index contributed by atoms with van der Waals surface area (Å²) in [4.78, 5) is 48.9. The van der Waals surface area contributed by atoms with Crippen molar-refractivity contribution in [2.24, 2.45) is 11.8 Å². The Bertz CT molecular complexity index is 1270. The zero-order chi connectivity index (χ0) is 29.1. The smallest absolute Gasteiger partial charge is 0.272 e. The van der Waals surface area contributed by atoms with Gasteiger partial charge in [-0.2, -0.15) is 0 Å². The molecule has 0 saturated heterocycles. The Kier molecular flexibility index (Phi) is 11.4. The second-order valence-corrected chi connectivity index (χ2v) is 10.7. The molecule has 8 nitrogen and oxygen atoms in total. The molecule has 3 rings (SSSR count). The number of nitrogens with one attached hydrogen (secondary N) is 1. The van der Waals surface area contributed by atoms with Crippen LogP contribution in [0.3, 0.4) is 0 Å². The molecule has 0 radical (unpaired) electrons. The van der Waals surface area contributed by atoms with Crippen LogP contribution in [0.2, 0.25) is 0 Å². The summed E-state index contributed by atoms with van der Waals surface area (Å²) in [5.41, 5.74) is 2.07. The number of hydrogen-bond acceptors (Lipinski definition) is 6. The van der Waals surface area contributed by atoms with Crippen LogP contribution in [0, 0.1) is 11.8 Å². The van der Waals surface area contributed by atoms with Gasteiger partial charge >= 0.3 is 0 Å². The van der Waals surface area contributed by atoms with Gasteiger partial charge in [0.1, 0.15) is 10.7 Å². The van der Waals surface area contributed by atoms with Crippen LogP contribution in [-0.4, -0.2) is 62.7 Å². The summed E-state index contributed by atoms with van der Waals surface area (Å²) in [6.07, 6.45) is 5.58. The lowest BCUT2D eigenvalue weighted by Crippen LogP contribution is -2.49. The molecular formula is C31H37N5O3S. The second kappa shape index (κ2) is 15.0. The number of hydrazine groups is 1. The Labute approximate surface area is 241 Å². The van der Waals surface area contributed by atoms with Crippen molar-refractivity contribution in [2.75, 3.05) is 14.1 Å². The van der Waals surface area contributed by atoms with Crippen molar-refractivity contribution in [3.8, 4) is 0 Å². The minimum absolute atomic E-state index is 0.0150. The fraction of sp³-hybridized carbons (Fsp3) is 0.355. The Morgan fingerprint density at radius 1 is 0.900 bits per heavy atom. The van der Waals surface area contributed by atoms with Gasteiger partial charge in [-0.1, -0.05) is 86.7 Å². The molecule has 3 aromatic rings. The molecule has 2 aromatic carbocycles. The number of Topliss-reactive ketones (excluding diaryl/α,β-unsaturated/α-hetero) is 1. The lowest BCUT2D eigenvalue weighted by Gasteiger charge is -2.34. The van der Waals surface area contributed by atoms with E-state index < -0.39 is 17.9 Å². The van der Waals surface area contributed by atoms with Crippen molar-refractivity contribution in [2.45, 2.75) is 45.6 Å². The number of thiocarbonyl (C=S) groups is 1. The molecule has 0 aliphatic rings. The molecule has 2 amide bonds. The van der Waals surface area contributed by atoms with E-state index in [1.54, 1.807) is 19.1 Å². The predicted octanol–water partition coefficient (Wildman–Crippen LogP) is 4.31. The van der Waals surface area contributed by atoms with E-state index >= 15 is 0 Å². The summed E-state index contributed by atoms with van der Waals surface area (Å²) in [6.45, 7) is 4.04. The number of nitrogens with zero attached hydrogens (tertiary/aromatic N) is 4. The molecule has 0 aliphatic heterocycles. The van der Waals surface area contributed by atoms with E-state index in [1.165, 1.54) is 23.6 Å². The van der Waals surface area contributed by atoms with Crippen molar-refractivity contribution in [1.82, 2.24) is 25.3 Å². The van der Waals surface area contributed by atoms with E-state index in [9.17, 15) is 14.4 Å². The molecule has 1 heterocycles. The van der Waals surface area contributed by atoms with Crippen LogP contribution in [0.1, 0.15) is 48.3 Å². The zero-order valence-electron chi connectivity index (χ0n) is 23.5. The zero-order valence-corrected chi connectivity index (χ0v) is 24.3. The molecule has 1 N–H and O–H groups in total. The highest BCUT2D eigenvalue weighted by molar-refractivity contribution is 7.80. The van der Waals surface area contributed by atoms with Crippen molar-refractivity contribution in [1.29, 1.82) is 0 Å². The number of benzene rings is 2. The lowest BCUT2D eigenvalue weighted by atomic mass is 9.88. The predicted molar refractivity (Wildman–Crippen MR) is 159 cm³/mol. The number of amides is 2. The first-order valence-corrected chi connectivity index (χ1v) is 13.8. The van der Waals surface area contributed by atoms with Crippen molar-refractivity contribution < 1.29 is 14.4 Å². The number of likely N-dealkylation sites (N-methyl/N-ethyl adjacent to an activating group) is 1. The number of aromatic nitrogens is 2. The molecule has 2 atom stereocenters. The van der Waals surface area contributed by atoms with E-state index in [4.69, 9.17) is 12.2 Å². The third kappa shape index (κ3) is 9.05. The standard InChI is InChI=1S/C31H37N5O3S/c1-22(2)17-25(31(39)36(4)35(3)29(40)19-24-13-9-6-10-14-24)20-28(37)26(18-23-11-7-5-8-12-23)34-30(38)27-21-32-15-16-33-27/h5-16,21-22,25-26H,17-20H2,1-4H3,(H,34,38)/t25-,26+/m1/s1. The minimum Gasteiger partial charge on any atom is -0.341 e. The van der Waals surface area contributed by atoms with Gasteiger partial charge < -0.3 is 5.32 Å². The number of rotatable bonds is 12. The maximum absolute atomic E-state index is 13.7. The van der Waals surface area contributed by atoms with Gasteiger partial charge in [-0.3, -0.25) is 29.4 Å². The molecule has 0 saturated carbocycles. The summed E-state index contributed by atoms with van der Waals surface area (Å²) < 4.78 is 0. The molecule has 0 bridgehead atoms. The Morgan fingerprint density at radius 3 is 2.10 bits per heavy atom. The average Bonchev–Trinajstić information content (AvgIpc) is 2.96. The van der Waals surface area contributed by atoms with Crippen LogP contribution < -0.4 is 5.32 Å². The Hall–Kier alpha value is -3.98. The summed E-state index contributed by atoms with van der Waals surface area (Å²) in [7, 11) is 3.44. The van der Waals surface area contributed by atoms with Gasteiger partial charge in [0.05, 0.1) is 12.2 Å². The average molecular weight is 560 g/mol. The molecule has 0 spiro atoms. The number of carbonyl (C=O) groups is 3. The normalized spacial score (nSPS) is 12.3. The maximum atomic E-state index is 13.7. The quantitative estimate of drug-likeness (QED) is 0.261. The largest absolute Gasteiger partial charge is 0.341 e. The van der Waals surface area contributed by atoms with E-state index in [0.717, 1.165) is 11.1 Å². The van der Waals surface area contributed by atoms with Crippen LogP contribution >= 0.6 is 12.2 Å². The highest BCUT2D eigenvalue weighted by Gasteiger charge is 2.32. The van der Waals surface area contributed by atoms with Crippen LogP contribution in [0.5, 0.6) is 0 Å². The van der Waals surface area contributed by atoms with Crippen molar-refractivity contribution in [3.05, 3.63) is 96.1 Å². The van der Waals surface area contributed by atoms with Gasteiger partial charge in [-0.05, 0) is 29.9 Å². The monoisotopic (exact) mass is 559 g/mol. The molecule has 40 heavy (non-hydrogen) atoms. The van der Waals surface area contributed by atoms with E-state index in [2.05, 4.69) is 15.3 Å². The summed E-state index contributed by atoms with van der Waals surface area (Å²) in [5.74, 6) is -1.30. The van der Waals surface area contributed by atoms with Crippen molar-refractivity contribution in [3.63, 3.8) is 0 Å². The van der Waals surface area contributed by atoms with Gasteiger partial charge in [-0.25, -0.2) is 4.98 Å². The number of hydrogen-bond donors (Lipinski definition) is 1. The van der Waals surface area contributed by atoms with Gasteiger partial charge in [-0.15, -0.1) is 0 Å². The van der Waals surface area contributed by atoms with Crippen LogP contribution in [0.4, 0.5) is 0 Å². The third-order valence-corrected chi connectivity index (χ3v) is 7.06. The topological polar surface area (TPSA) is 95.5 Å². The second-order valence-electron chi connectivity index (χ2n) is 10.2. The Morgan fingerprint density at radius 2 is 1.52 bits per heavy atom. The van der Waals surface area contributed by atoms with Crippen LogP contribution in [-0.2, 0) is 22.4 Å². The lowest BCUT2D eigenvalue weighted by molar-refractivity contribution is -0.145. The fourth-order valence-corrected chi connectivity index (χ4v) is 4.72. The first-order chi connectivity index (χ1) is 19.2. The summed E-state index contributed by atoms with van der Waals surface area (Å²) >= 11 is 5.63. The van der Waals surface area contributed by atoms with E-state index in [0.29, 0.717) is 24.3 Å². The molecule has 0 unspecified atom stereocenters. The van der Waals surface area contributed by atoms with Crippen LogP contribution in [0.15, 0.2) is 79.3 Å². The fourth-order valence-electron chi connectivity index (χ4n) is 4.43. The molecular weight excluding hydrogens is 522 g/mol. The third-order valence-electron chi connectivity index (χ3n) is 6.65. The van der Waals surface area contributed by atoms with Gasteiger partial charge in [0.25, 0.3) is 5.91 Å². The highest BCUT2D eigenvalue weighted by Crippen LogP contribution is 2.21. The van der Waals surface area contributed by atoms with Gasteiger partial charge in [0.15, 0.2) is 5.78 Å². The molecule has 9 heteroatoms. The van der Waals surface area contributed by atoms with E-state index in [1.807, 2.05) is 74.5 Å². The van der Waals surface area contributed by atoms with Crippen molar-refractivity contribution >= 4 is 34.8 Å². The summed E-state index contributed by atoms with van der Waals surface area (Å²) in [5, 5.41) is 5.99. The van der Waals surface area contributed by atoms with E-state index in [-0.39, 0.29) is 29.7 Å². The highest BCUT2D eigenvalue weighted by atomic mass is 32.1. The molecule has 0 aliphatic carbocycles. The van der Waals surface area contributed by atoms with Crippen LogP contribution in [0.25, 0.3) is 0 Å². The number of ketones is 1.